The molecule has 6 N–H and O–H groups in total. The van der Waals surface area contributed by atoms with E-state index in [2.05, 4.69) is 54.6 Å². The molecule has 0 bridgehead atoms. The zero-order chi connectivity index (χ0) is 47.5. The fourth-order valence-electron chi connectivity index (χ4n) is 6.30. The van der Waals surface area contributed by atoms with Gasteiger partial charge in [-0.3, -0.25) is 47.3 Å². The van der Waals surface area contributed by atoms with Gasteiger partial charge in [-0.2, -0.15) is 0 Å². The number of nitrogens with one attached hydrogen (secondary N) is 3. The highest BCUT2D eigenvalue weighted by molar-refractivity contribution is 7.22. The van der Waals surface area contributed by atoms with E-state index in [0.29, 0.717) is 23.3 Å². The Morgan fingerprint density at radius 2 is 1.12 bits per heavy atom. The van der Waals surface area contributed by atoms with Crippen LogP contribution in [0.2, 0.25) is 0 Å². The highest BCUT2D eigenvalue weighted by Gasteiger charge is 2.18. The van der Waals surface area contributed by atoms with Crippen LogP contribution in [0.5, 0.6) is 17.2 Å². The van der Waals surface area contributed by atoms with Crippen molar-refractivity contribution in [3.05, 3.63) is 145 Å². The minimum Gasteiger partial charge on any atom is -0.504 e. The summed E-state index contributed by atoms with van der Waals surface area (Å²) in [6, 6.07) is 12.9. The SMILES string of the molecule is C.CCCCNC(=O)c1cnc2c(O)cccn2c1=O.CCN(CC)CCNC(=O)c1cnc2c(O)cccn2c1=O.O=C(Nc1nc2ccc(F)cc2s1)c1cnc2c(O)cccn2c1=O. The van der Waals surface area contributed by atoms with Crippen molar-refractivity contribution in [2.75, 3.05) is 38.0 Å². The molecule has 3 amide bonds. The van der Waals surface area contributed by atoms with Crippen LogP contribution in [0, 0.1) is 5.82 Å². The van der Waals surface area contributed by atoms with Gasteiger partial charge in [0, 0.05) is 56.8 Å². The summed E-state index contributed by atoms with van der Waals surface area (Å²) in [5.74, 6) is -2.35. The number of rotatable bonds is 12. The predicted octanol–water partition coefficient (Wildman–Crippen LogP) is 4.44. The molecule has 67 heavy (non-hydrogen) atoms. The van der Waals surface area contributed by atoms with E-state index in [1.165, 1.54) is 85.6 Å². The van der Waals surface area contributed by atoms with Crippen molar-refractivity contribution in [2.24, 2.45) is 0 Å². The number of nitrogens with zero attached hydrogens (tertiary/aromatic N) is 8. The number of carbonyl (C=O) groups excluding carboxylic acids is 3. The number of amides is 3. The molecule has 0 fully saturated rings. The van der Waals surface area contributed by atoms with E-state index in [4.69, 9.17) is 0 Å². The Labute approximate surface area is 384 Å². The molecule has 8 aromatic rings. The van der Waals surface area contributed by atoms with Crippen LogP contribution in [0.3, 0.4) is 0 Å². The maximum absolute atomic E-state index is 13.2. The van der Waals surface area contributed by atoms with Crippen molar-refractivity contribution in [1.29, 1.82) is 0 Å². The third kappa shape index (κ3) is 11.6. The standard InChI is InChI=1S/C16H9FN4O3S.C15H20N4O3.C13H15N3O3.CH4/c17-8-3-4-10-12(6-8)25-16(19-10)20-14(23)9-7-18-13-11(22)2-1-5-21(13)15(9)24;1-3-18(4-2)9-7-16-14(21)11-10-17-13-12(20)6-5-8-19(13)15(11)22;1-2-3-6-14-12(18)9-8-15-11-10(17)5-4-7-16(11)13(9)19;/h1-7,22H,(H,19,20,23);5-6,8,10,20H,3-4,7,9H2,1-2H3,(H,16,21);4-5,7-8,17H,2-3,6H2,1H3,(H,14,18);1H4. The van der Waals surface area contributed by atoms with E-state index in [1.54, 1.807) is 0 Å². The first kappa shape index (κ1) is 49.9. The number of halogens is 1. The molecule has 22 heteroatoms. The lowest BCUT2D eigenvalue weighted by Crippen LogP contribution is -2.37. The number of fused-ring (bicyclic) bond motifs is 4. The third-order valence-corrected chi connectivity index (χ3v) is 10.8. The molecule has 0 atom stereocenters. The van der Waals surface area contributed by atoms with Crippen LogP contribution in [-0.4, -0.2) is 104 Å². The number of pyridine rings is 3. The third-order valence-electron chi connectivity index (χ3n) is 9.86. The molecule has 0 saturated carbocycles. The normalized spacial score (nSPS) is 10.8. The number of carbonyl (C=O) groups is 3. The molecular formula is C45H48FN11O9S. The van der Waals surface area contributed by atoms with E-state index in [9.17, 15) is 48.5 Å². The van der Waals surface area contributed by atoms with Crippen molar-refractivity contribution in [3.63, 3.8) is 0 Å². The molecule has 1 aromatic carbocycles. The van der Waals surface area contributed by atoms with Gasteiger partial charge in [-0.05, 0) is 74.1 Å². The quantitative estimate of drug-likeness (QED) is 0.0926. The zero-order valence-corrected chi connectivity index (χ0v) is 36.6. The number of anilines is 1. The molecule has 0 radical (unpaired) electrons. The van der Waals surface area contributed by atoms with Crippen LogP contribution in [0.4, 0.5) is 9.52 Å². The second kappa shape index (κ2) is 22.7. The highest BCUT2D eigenvalue weighted by atomic mass is 32.1. The Kier molecular flexibility index (Phi) is 16.9. The van der Waals surface area contributed by atoms with E-state index in [1.807, 2.05) is 6.92 Å². The molecule has 7 heterocycles. The molecule has 20 nitrogen and oxygen atoms in total. The summed E-state index contributed by atoms with van der Waals surface area (Å²) < 4.78 is 17.2. The average molecular weight is 938 g/mol. The zero-order valence-electron chi connectivity index (χ0n) is 35.8. The number of benzene rings is 1. The smallest absolute Gasteiger partial charge is 0.270 e. The van der Waals surface area contributed by atoms with E-state index in [-0.39, 0.29) is 63.4 Å². The number of hydrogen-bond donors (Lipinski definition) is 6. The molecule has 0 spiro atoms. The summed E-state index contributed by atoms with van der Waals surface area (Å²) in [4.78, 5) is 91.3. The fourth-order valence-corrected chi connectivity index (χ4v) is 7.18. The summed E-state index contributed by atoms with van der Waals surface area (Å²) in [6.45, 7) is 9.65. The van der Waals surface area contributed by atoms with Crippen molar-refractivity contribution in [2.45, 2.75) is 41.0 Å². The van der Waals surface area contributed by atoms with Crippen molar-refractivity contribution in [1.82, 2.24) is 48.7 Å². The number of hydrogen-bond acceptors (Lipinski definition) is 15. The lowest BCUT2D eigenvalue weighted by molar-refractivity contribution is 0.0940. The van der Waals surface area contributed by atoms with Gasteiger partial charge in [-0.25, -0.2) is 24.3 Å². The summed E-state index contributed by atoms with van der Waals surface area (Å²) in [5.41, 5.74) is -1.01. The van der Waals surface area contributed by atoms with Crippen LogP contribution in [0.25, 0.3) is 27.2 Å². The second-order valence-electron chi connectivity index (χ2n) is 14.2. The first-order chi connectivity index (χ1) is 31.8. The van der Waals surface area contributed by atoms with Crippen LogP contribution < -0.4 is 32.6 Å². The Hall–Kier alpha value is -8.11. The van der Waals surface area contributed by atoms with E-state index >= 15 is 0 Å². The fraction of sp³-hybridized carbons (Fsp3) is 0.244. The van der Waals surface area contributed by atoms with Crippen LogP contribution in [0.1, 0.15) is 72.1 Å². The van der Waals surface area contributed by atoms with Crippen LogP contribution >= 0.6 is 11.3 Å². The van der Waals surface area contributed by atoms with Crippen LogP contribution in [-0.2, 0) is 0 Å². The van der Waals surface area contributed by atoms with Crippen molar-refractivity contribution < 1.29 is 34.1 Å². The number of aromatic nitrogens is 7. The minimum absolute atomic E-state index is 0. The van der Waals surface area contributed by atoms with Gasteiger partial charge in [0.2, 0.25) is 0 Å². The number of likely N-dealkylation sites (N-methyl/N-ethyl adjacent to an activating group) is 1. The summed E-state index contributed by atoms with van der Waals surface area (Å²) in [5, 5.41) is 37.1. The molecule has 0 aliphatic carbocycles. The van der Waals surface area contributed by atoms with Gasteiger partial charge in [0.05, 0.1) is 10.2 Å². The first-order valence-electron chi connectivity index (χ1n) is 20.5. The second-order valence-corrected chi connectivity index (χ2v) is 15.2. The first-order valence-corrected chi connectivity index (χ1v) is 21.3. The largest absolute Gasteiger partial charge is 0.504 e. The summed E-state index contributed by atoms with van der Waals surface area (Å²) in [6.07, 6.45) is 9.65. The van der Waals surface area contributed by atoms with Gasteiger partial charge in [0.25, 0.3) is 34.4 Å². The van der Waals surface area contributed by atoms with Crippen molar-refractivity contribution in [3.8, 4) is 17.2 Å². The maximum atomic E-state index is 13.2. The Balaban J connectivity index is 0.000000189. The molecule has 0 aliphatic heterocycles. The van der Waals surface area contributed by atoms with Gasteiger partial charge in [0.1, 0.15) is 22.5 Å². The molecule has 8 rings (SSSR count). The van der Waals surface area contributed by atoms with Crippen molar-refractivity contribution >= 4 is 61.3 Å². The van der Waals surface area contributed by atoms with Gasteiger partial charge in [-0.15, -0.1) is 0 Å². The van der Waals surface area contributed by atoms with Gasteiger partial charge >= 0.3 is 0 Å². The molecule has 0 saturated heterocycles. The highest BCUT2D eigenvalue weighted by Crippen LogP contribution is 2.27. The number of aromatic hydroxyl groups is 3. The molecule has 350 valence electrons. The number of thiazole rings is 1. The number of unbranched alkanes of at least 4 members (excludes halogenated alkanes) is 1. The Bertz CT molecular complexity index is 3260. The maximum Gasteiger partial charge on any atom is 0.270 e. The molecule has 0 aliphatic rings. The summed E-state index contributed by atoms with van der Waals surface area (Å²) >= 11 is 1.09. The van der Waals surface area contributed by atoms with E-state index in [0.717, 1.165) is 63.2 Å². The minimum atomic E-state index is -0.685. The molecular weight excluding hydrogens is 890 g/mol. The lowest BCUT2D eigenvalue weighted by atomic mass is 10.3. The molecule has 0 unspecified atom stereocenters. The Morgan fingerprint density at radius 3 is 1.57 bits per heavy atom. The van der Waals surface area contributed by atoms with Gasteiger partial charge in [0.15, 0.2) is 39.3 Å². The topological polar surface area (TPSA) is 267 Å². The van der Waals surface area contributed by atoms with Gasteiger partial charge < -0.3 is 30.9 Å². The monoisotopic (exact) mass is 937 g/mol. The lowest BCUT2D eigenvalue weighted by Gasteiger charge is -2.17. The summed E-state index contributed by atoms with van der Waals surface area (Å²) in [7, 11) is 0. The van der Waals surface area contributed by atoms with E-state index < -0.39 is 40.2 Å². The average Bonchev–Trinajstić information content (AvgIpc) is 3.70. The molecule has 7 aromatic heterocycles. The predicted molar refractivity (Wildman–Crippen MR) is 251 cm³/mol. The van der Waals surface area contributed by atoms with Gasteiger partial charge in [-0.1, -0.05) is 46.0 Å². The Morgan fingerprint density at radius 1 is 0.672 bits per heavy atom. The van der Waals surface area contributed by atoms with Crippen LogP contribution in [0.15, 0.2) is 106 Å².